The highest BCUT2D eigenvalue weighted by molar-refractivity contribution is 6.05. The lowest BCUT2D eigenvalue weighted by molar-refractivity contribution is -0.114. The van der Waals surface area contributed by atoms with Crippen LogP contribution in [0.3, 0.4) is 0 Å². The number of aromatic nitrogens is 3. The molecule has 0 spiro atoms. The van der Waals surface area contributed by atoms with E-state index < -0.39 is 0 Å². The number of pyridine rings is 1. The third kappa shape index (κ3) is 3.18. The van der Waals surface area contributed by atoms with E-state index in [0.717, 1.165) is 5.82 Å². The van der Waals surface area contributed by atoms with Crippen LogP contribution in [-0.4, -0.2) is 26.4 Å². The monoisotopic (exact) mass is 309 g/mol. The Morgan fingerprint density at radius 1 is 1.04 bits per heavy atom. The number of anilines is 2. The van der Waals surface area contributed by atoms with Crippen molar-refractivity contribution in [3.8, 4) is 0 Å². The lowest BCUT2D eigenvalue weighted by atomic mass is 10.2. The van der Waals surface area contributed by atoms with E-state index in [0.29, 0.717) is 22.6 Å². The molecule has 3 rings (SSSR count). The van der Waals surface area contributed by atoms with Crippen molar-refractivity contribution >= 4 is 28.8 Å². The number of amides is 2. The van der Waals surface area contributed by atoms with E-state index in [1.54, 1.807) is 47.0 Å². The average molecular weight is 309 g/mol. The van der Waals surface area contributed by atoms with Crippen LogP contribution in [0.5, 0.6) is 0 Å². The molecule has 116 valence electrons. The molecule has 0 fully saturated rings. The Kier molecular flexibility index (Phi) is 3.76. The number of carbonyl (C=O) groups excluding carboxylic acids is 2. The van der Waals surface area contributed by atoms with Crippen molar-refractivity contribution in [3.63, 3.8) is 0 Å². The smallest absolute Gasteiger partial charge is 0.255 e. The van der Waals surface area contributed by atoms with E-state index in [4.69, 9.17) is 0 Å². The Bertz CT molecular complexity index is 900. The highest BCUT2D eigenvalue weighted by Gasteiger charge is 2.09. The van der Waals surface area contributed by atoms with Gasteiger partial charge in [0, 0.05) is 30.1 Å². The van der Waals surface area contributed by atoms with Crippen LogP contribution in [0.25, 0.3) is 5.65 Å². The SMILES string of the molecule is CC(=O)Nc1cccc(NC(=O)c2ccn3c(C)nnc3c2)c1. The van der Waals surface area contributed by atoms with E-state index in [1.807, 2.05) is 6.92 Å². The summed E-state index contributed by atoms with van der Waals surface area (Å²) in [6.45, 7) is 3.27. The fourth-order valence-electron chi connectivity index (χ4n) is 2.23. The van der Waals surface area contributed by atoms with Gasteiger partial charge >= 0.3 is 0 Å². The molecule has 23 heavy (non-hydrogen) atoms. The first-order valence-electron chi connectivity index (χ1n) is 7.03. The molecule has 2 amide bonds. The molecule has 1 aromatic carbocycles. The van der Waals surface area contributed by atoms with Crippen LogP contribution < -0.4 is 10.6 Å². The number of nitrogens with zero attached hydrogens (tertiary/aromatic N) is 3. The zero-order valence-corrected chi connectivity index (χ0v) is 12.7. The quantitative estimate of drug-likeness (QED) is 0.776. The number of aryl methyl sites for hydroxylation is 1. The van der Waals surface area contributed by atoms with E-state index in [1.165, 1.54) is 6.92 Å². The molecule has 7 heteroatoms. The lowest BCUT2D eigenvalue weighted by Gasteiger charge is -2.08. The fourth-order valence-corrected chi connectivity index (χ4v) is 2.23. The Labute approximate surface area is 132 Å². The number of carbonyl (C=O) groups is 2. The van der Waals surface area contributed by atoms with Crippen molar-refractivity contribution in [2.45, 2.75) is 13.8 Å². The van der Waals surface area contributed by atoms with Gasteiger partial charge < -0.3 is 10.6 Å². The molecular formula is C16H15N5O2. The molecule has 2 heterocycles. The molecule has 0 bridgehead atoms. The predicted molar refractivity (Wildman–Crippen MR) is 86.4 cm³/mol. The minimum absolute atomic E-state index is 0.166. The summed E-state index contributed by atoms with van der Waals surface area (Å²) in [6, 6.07) is 10.3. The predicted octanol–water partition coefficient (Wildman–Crippen LogP) is 2.25. The number of hydrogen-bond donors (Lipinski definition) is 2. The number of rotatable bonds is 3. The van der Waals surface area contributed by atoms with Crippen molar-refractivity contribution < 1.29 is 9.59 Å². The molecule has 0 atom stereocenters. The van der Waals surface area contributed by atoms with Crippen molar-refractivity contribution in [1.82, 2.24) is 14.6 Å². The van der Waals surface area contributed by atoms with Gasteiger partial charge in [0.15, 0.2) is 5.65 Å². The van der Waals surface area contributed by atoms with Gasteiger partial charge in [0.05, 0.1) is 0 Å². The molecule has 2 N–H and O–H groups in total. The van der Waals surface area contributed by atoms with Crippen LogP contribution in [0.4, 0.5) is 11.4 Å². The molecular weight excluding hydrogens is 294 g/mol. The standard InChI is InChI=1S/C16H15N5O2/c1-10-19-20-15-8-12(6-7-21(10)15)16(23)18-14-5-3-4-13(9-14)17-11(2)22/h3-9H,1-2H3,(H,17,22)(H,18,23). The lowest BCUT2D eigenvalue weighted by Crippen LogP contribution is -2.13. The first-order valence-corrected chi connectivity index (χ1v) is 7.03. The molecule has 2 aromatic heterocycles. The molecule has 0 aliphatic heterocycles. The van der Waals surface area contributed by atoms with Gasteiger partial charge in [0.1, 0.15) is 5.82 Å². The maximum Gasteiger partial charge on any atom is 0.255 e. The summed E-state index contributed by atoms with van der Waals surface area (Å²) in [4.78, 5) is 23.4. The minimum atomic E-state index is -0.256. The molecule has 3 aromatic rings. The van der Waals surface area contributed by atoms with Gasteiger partial charge in [-0.2, -0.15) is 0 Å². The van der Waals surface area contributed by atoms with Crippen molar-refractivity contribution in [2.75, 3.05) is 10.6 Å². The Morgan fingerprint density at radius 2 is 1.78 bits per heavy atom. The van der Waals surface area contributed by atoms with Gasteiger partial charge in [-0.15, -0.1) is 10.2 Å². The Morgan fingerprint density at radius 3 is 2.52 bits per heavy atom. The first-order chi connectivity index (χ1) is 11.0. The third-order valence-corrected chi connectivity index (χ3v) is 3.28. The van der Waals surface area contributed by atoms with Gasteiger partial charge in [-0.1, -0.05) is 6.07 Å². The first kappa shape index (κ1) is 14.7. The number of hydrogen-bond acceptors (Lipinski definition) is 4. The van der Waals surface area contributed by atoms with E-state index in [2.05, 4.69) is 20.8 Å². The molecule has 0 aliphatic rings. The maximum atomic E-state index is 12.3. The Hall–Kier alpha value is -3.22. The van der Waals surface area contributed by atoms with Crippen LogP contribution in [0.1, 0.15) is 23.1 Å². The zero-order valence-electron chi connectivity index (χ0n) is 12.7. The van der Waals surface area contributed by atoms with Gasteiger partial charge in [0.2, 0.25) is 5.91 Å². The Balaban J connectivity index is 1.81. The number of nitrogens with one attached hydrogen (secondary N) is 2. The summed E-state index contributed by atoms with van der Waals surface area (Å²) in [5.74, 6) is 0.337. The van der Waals surface area contributed by atoms with Gasteiger partial charge in [-0.25, -0.2) is 0 Å². The second-order valence-corrected chi connectivity index (χ2v) is 5.11. The van der Waals surface area contributed by atoms with Gasteiger partial charge in [0.25, 0.3) is 5.91 Å². The van der Waals surface area contributed by atoms with Crippen molar-refractivity contribution in [3.05, 3.63) is 54.0 Å². The van der Waals surface area contributed by atoms with Crippen LogP contribution in [0.2, 0.25) is 0 Å². The summed E-state index contributed by atoms with van der Waals surface area (Å²) < 4.78 is 1.80. The summed E-state index contributed by atoms with van der Waals surface area (Å²) in [7, 11) is 0. The van der Waals surface area contributed by atoms with E-state index in [9.17, 15) is 9.59 Å². The van der Waals surface area contributed by atoms with Gasteiger partial charge in [-0.3, -0.25) is 14.0 Å². The normalized spacial score (nSPS) is 10.5. The van der Waals surface area contributed by atoms with Crippen molar-refractivity contribution in [2.24, 2.45) is 0 Å². The summed E-state index contributed by atoms with van der Waals surface area (Å²) in [5.41, 5.74) is 2.31. The minimum Gasteiger partial charge on any atom is -0.326 e. The van der Waals surface area contributed by atoms with E-state index >= 15 is 0 Å². The molecule has 0 unspecified atom stereocenters. The van der Waals surface area contributed by atoms with Gasteiger partial charge in [-0.05, 0) is 37.3 Å². The molecule has 0 saturated heterocycles. The topological polar surface area (TPSA) is 88.4 Å². The van der Waals surface area contributed by atoms with Crippen LogP contribution >= 0.6 is 0 Å². The highest BCUT2D eigenvalue weighted by Crippen LogP contribution is 2.16. The molecule has 0 saturated carbocycles. The second-order valence-electron chi connectivity index (χ2n) is 5.11. The molecule has 7 nitrogen and oxygen atoms in total. The van der Waals surface area contributed by atoms with Crippen LogP contribution in [-0.2, 0) is 4.79 Å². The fraction of sp³-hybridized carbons (Fsp3) is 0.125. The second kappa shape index (κ2) is 5.88. The third-order valence-electron chi connectivity index (χ3n) is 3.28. The summed E-state index contributed by atoms with van der Waals surface area (Å²) in [6.07, 6.45) is 1.76. The highest BCUT2D eigenvalue weighted by atomic mass is 16.2. The number of benzene rings is 1. The van der Waals surface area contributed by atoms with Crippen molar-refractivity contribution in [1.29, 1.82) is 0 Å². The van der Waals surface area contributed by atoms with E-state index in [-0.39, 0.29) is 11.8 Å². The summed E-state index contributed by atoms with van der Waals surface area (Å²) in [5, 5.41) is 13.4. The van der Waals surface area contributed by atoms with Crippen LogP contribution in [0, 0.1) is 6.92 Å². The number of fused-ring (bicyclic) bond motifs is 1. The molecule has 0 radical (unpaired) electrons. The maximum absolute atomic E-state index is 12.3. The zero-order chi connectivity index (χ0) is 16.4. The summed E-state index contributed by atoms with van der Waals surface area (Å²) >= 11 is 0. The largest absolute Gasteiger partial charge is 0.326 e. The van der Waals surface area contributed by atoms with Crippen LogP contribution in [0.15, 0.2) is 42.6 Å². The molecule has 0 aliphatic carbocycles. The average Bonchev–Trinajstić information content (AvgIpc) is 2.88.